The van der Waals surface area contributed by atoms with Crippen LogP contribution in [0.2, 0.25) is 0 Å². The monoisotopic (exact) mass is 341 g/mol. The van der Waals surface area contributed by atoms with Gasteiger partial charge in [0.05, 0.1) is 0 Å². The Morgan fingerprint density at radius 1 is 1.04 bits per heavy atom. The van der Waals surface area contributed by atoms with Crippen molar-refractivity contribution in [1.29, 1.82) is 0 Å². The van der Waals surface area contributed by atoms with E-state index in [2.05, 4.69) is 16.0 Å². The first-order valence-corrected chi connectivity index (χ1v) is 8.61. The highest BCUT2D eigenvalue weighted by Gasteiger charge is 2.07. The van der Waals surface area contributed by atoms with Crippen LogP contribution in [0.5, 0.6) is 5.75 Å². The molecule has 0 saturated carbocycles. The number of nitrogens with one attached hydrogen (secondary N) is 3. The fourth-order valence-electron chi connectivity index (χ4n) is 2.38. The zero-order chi connectivity index (χ0) is 17.9. The number of carbonyl (C=O) groups is 1. The molecule has 0 spiro atoms. The molecule has 134 valence electrons. The van der Waals surface area contributed by atoms with Gasteiger partial charge in [0.25, 0.3) is 5.91 Å². The maximum Gasteiger partial charge on any atom is 0.262 e. The van der Waals surface area contributed by atoms with Gasteiger partial charge in [-0.3, -0.25) is 4.79 Å². The lowest BCUT2D eigenvalue weighted by atomic mass is 10.2. The largest absolute Gasteiger partial charge is 0.483 e. The summed E-state index contributed by atoms with van der Waals surface area (Å²) in [7, 11) is 1.95. The Morgan fingerprint density at radius 2 is 1.80 bits per heavy atom. The summed E-state index contributed by atoms with van der Waals surface area (Å²) in [5.41, 5.74) is 2.99. The Bertz CT molecular complexity index is 656. The molecule has 1 amide bonds. The van der Waals surface area contributed by atoms with Crippen molar-refractivity contribution in [3.63, 3.8) is 0 Å². The van der Waals surface area contributed by atoms with Crippen molar-refractivity contribution < 1.29 is 9.53 Å². The smallest absolute Gasteiger partial charge is 0.262 e. The van der Waals surface area contributed by atoms with Crippen LogP contribution < -0.4 is 20.7 Å². The fraction of sp³-hybridized carbons (Fsp3) is 0.350. The van der Waals surface area contributed by atoms with Gasteiger partial charge in [0, 0.05) is 17.8 Å². The number of ether oxygens (including phenoxy) is 1. The van der Waals surface area contributed by atoms with Crippen molar-refractivity contribution in [2.45, 2.75) is 19.9 Å². The third-order valence-corrected chi connectivity index (χ3v) is 3.76. The molecule has 25 heavy (non-hydrogen) atoms. The van der Waals surface area contributed by atoms with Crippen LogP contribution in [0.1, 0.15) is 17.5 Å². The second-order valence-electron chi connectivity index (χ2n) is 5.94. The maximum absolute atomic E-state index is 12.1. The summed E-state index contributed by atoms with van der Waals surface area (Å²) in [5, 5.41) is 9.35. The molecule has 2 aromatic carbocycles. The Kier molecular flexibility index (Phi) is 7.95. The van der Waals surface area contributed by atoms with E-state index >= 15 is 0 Å². The van der Waals surface area contributed by atoms with Crippen LogP contribution >= 0.6 is 0 Å². The number of hydrogen-bond donors (Lipinski definition) is 3. The molecule has 0 aliphatic rings. The average molecular weight is 341 g/mol. The minimum atomic E-state index is -0.166. The minimum Gasteiger partial charge on any atom is -0.483 e. The van der Waals surface area contributed by atoms with Gasteiger partial charge in [0.15, 0.2) is 6.61 Å². The van der Waals surface area contributed by atoms with E-state index in [-0.39, 0.29) is 12.5 Å². The van der Waals surface area contributed by atoms with E-state index in [1.54, 1.807) is 0 Å². The molecule has 0 saturated heterocycles. The van der Waals surface area contributed by atoms with Crippen LogP contribution in [-0.4, -0.2) is 32.7 Å². The molecule has 2 aromatic rings. The van der Waals surface area contributed by atoms with E-state index in [1.807, 2.05) is 62.5 Å². The molecule has 0 radical (unpaired) electrons. The number of para-hydroxylation sites is 1. The molecule has 3 N–H and O–H groups in total. The lowest BCUT2D eigenvalue weighted by molar-refractivity contribution is -0.118. The van der Waals surface area contributed by atoms with Crippen molar-refractivity contribution >= 4 is 11.6 Å². The second kappa shape index (κ2) is 10.5. The van der Waals surface area contributed by atoms with Crippen LogP contribution in [0.25, 0.3) is 0 Å². The number of amides is 1. The van der Waals surface area contributed by atoms with E-state index in [1.165, 1.54) is 0 Å². The standard InChI is InChI=1S/C20H27N3O2/c1-16-8-10-18(11-9-16)23-20(24)15-25-19-7-4-3-6-17(19)14-22-13-5-12-21-2/h3-4,6-11,21-22H,5,12-15H2,1-2H3,(H,23,24). The molecule has 0 unspecified atom stereocenters. The van der Waals surface area contributed by atoms with E-state index < -0.39 is 0 Å². The second-order valence-corrected chi connectivity index (χ2v) is 5.94. The van der Waals surface area contributed by atoms with E-state index in [4.69, 9.17) is 4.74 Å². The maximum atomic E-state index is 12.1. The van der Waals surface area contributed by atoms with Gasteiger partial charge in [-0.25, -0.2) is 0 Å². The first-order chi connectivity index (χ1) is 12.2. The number of benzene rings is 2. The van der Waals surface area contributed by atoms with Gasteiger partial charge in [0.2, 0.25) is 0 Å². The third-order valence-electron chi connectivity index (χ3n) is 3.76. The number of rotatable bonds is 10. The van der Waals surface area contributed by atoms with Gasteiger partial charge >= 0.3 is 0 Å². The summed E-state index contributed by atoms with van der Waals surface area (Å²) in [4.78, 5) is 12.1. The molecular formula is C20H27N3O2. The molecule has 0 heterocycles. The van der Waals surface area contributed by atoms with Gasteiger partial charge < -0.3 is 20.7 Å². The molecule has 5 heteroatoms. The highest BCUT2D eigenvalue weighted by Crippen LogP contribution is 2.18. The van der Waals surface area contributed by atoms with Crippen LogP contribution in [0.15, 0.2) is 48.5 Å². The summed E-state index contributed by atoms with van der Waals surface area (Å²) in [5.74, 6) is 0.573. The Labute approximate surface area is 149 Å². The molecular weight excluding hydrogens is 314 g/mol. The Hall–Kier alpha value is -2.37. The van der Waals surface area contributed by atoms with Crippen LogP contribution in [0, 0.1) is 6.92 Å². The van der Waals surface area contributed by atoms with E-state index in [0.29, 0.717) is 0 Å². The average Bonchev–Trinajstić information content (AvgIpc) is 2.62. The van der Waals surface area contributed by atoms with Gasteiger partial charge in [0.1, 0.15) is 5.75 Å². The molecule has 5 nitrogen and oxygen atoms in total. The quantitative estimate of drug-likeness (QED) is 0.582. The summed E-state index contributed by atoms with van der Waals surface area (Å²) < 4.78 is 5.71. The van der Waals surface area contributed by atoms with Gasteiger partial charge in [-0.05, 0) is 51.7 Å². The third kappa shape index (κ3) is 6.95. The molecule has 0 fully saturated rings. The normalized spacial score (nSPS) is 10.5. The number of carbonyl (C=O) groups excluding carboxylic acids is 1. The molecule has 0 bridgehead atoms. The predicted molar refractivity (Wildman–Crippen MR) is 102 cm³/mol. The summed E-state index contributed by atoms with van der Waals surface area (Å²) in [6.07, 6.45) is 1.07. The highest BCUT2D eigenvalue weighted by atomic mass is 16.5. The lowest BCUT2D eigenvalue weighted by Crippen LogP contribution is -2.22. The SMILES string of the molecule is CNCCCNCc1ccccc1OCC(=O)Nc1ccc(C)cc1. The van der Waals surface area contributed by atoms with Crippen LogP contribution in [0.4, 0.5) is 5.69 Å². The molecule has 0 aliphatic heterocycles. The van der Waals surface area contributed by atoms with Gasteiger partial charge in [-0.15, -0.1) is 0 Å². The topological polar surface area (TPSA) is 62.4 Å². The zero-order valence-corrected chi connectivity index (χ0v) is 15.0. The Balaban J connectivity index is 1.81. The fourth-order valence-corrected chi connectivity index (χ4v) is 2.38. The first-order valence-electron chi connectivity index (χ1n) is 8.61. The predicted octanol–water partition coefficient (Wildman–Crippen LogP) is 2.71. The van der Waals surface area contributed by atoms with Crippen LogP contribution in [0.3, 0.4) is 0 Å². The van der Waals surface area contributed by atoms with Crippen molar-refractivity contribution in [3.8, 4) is 5.75 Å². The van der Waals surface area contributed by atoms with Crippen molar-refractivity contribution in [2.75, 3.05) is 32.1 Å². The first kappa shape index (κ1) is 19.0. The lowest BCUT2D eigenvalue weighted by Gasteiger charge is -2.12. The van der Waals surface area contributed by atoms with Gasteiger partial charge in [-0.1, -0.05) is 35.9 Å². The number of hydrogen-bond acceptors (Lipinski definition) is 4. The van der Waals surface area contributed by atoms with Gasteiger partial charge in [-0.2, -0.15) is 0 Å². The molecule has 2 rings (SSSR count). The Morgan fingerprint density at radius 3 is 2.56 bits per heavy atom. The molecule has 0 aliphatic carbocycles. The van der Waals surface area contributed by atoms with E-state index in [9.17, 15) is 4.79 Å². The van der Waals surface area contributed by atoms with Crippen molar-refractivity contribution in [1.82, 2.24) is 10.6 Å². The van der Waals surface area contributed by atoms with E-state index in [0.717, 1.165) is 48.6 Å². The zero-order valence-electron chi connectivity index (χ0n) is 15.0. The summed E-state index contributed by atoms with van der Waals surface area (Å²) >= 11 is 0. The van der Waals surface area contributed by atoms with Crippen molar-refractivity contribution in [3.05, 3.63) is 59.7 Å². The van der Waals surface area contributed by atoms with Crippen LogP contribution in [-0.2, 0) is 11.3 Å². The van der Waals surface area contributed by atoms with Crippen molar-refractivity contribution in [2.24, 2.45) is 0 Å². The summed E-state index contributed by atoms with van der Waals surface area (Å²) in [6.45, 7) is 4.65. The number of anilines is 1. The molecule has 0 atom stereocenters. The number of aryl methyl sites for hydroxylation is 1. The minimum absolute atomic E-state index is 0.00928. The summed E-state index contributed by atoms with van der Waals surface area (Å²) in [6, 6.07) is 15.5. The highest BCUT2D eigenvalue weighted by molar-refractivity contribution is 5.91. The molecule has 0 aromatic heterocycles.